The maximum atomic E-state index is 11.9. The van der Waals surface area contributed by atoms with E-state index < -0.39 is 0 Å². The standard InChI is InChI=1S/C13H16BrNO2/c1-9(7-14)8-15-13(16)11-2-3-12-10(6-11)4-5-17-12/h2-3,6,9H,4-5,7-8H2,1H3,(H,15,16). The molecule has 2 rings (SSSR count). The van der Waals surface area contributed by atoms with Gasteiger partial charge in [-0.15, -0.1) is 0 Å². The number of hydrogen-bond acceptors (Lipinski definition) is 2. The Bertz CT molecular complexity index is 420. The summed E-state index contributed by atoms with van der Waals surface area (Å²) in [5.41, 5.74) is 1.85. The van der Waals surface area contributed by atoms with Crippen molar-refractivity contribution >= 4 is 21.8 Å². The predicted molar refractivity (Wildman–Crippen MR) is 70.9 cm³/mol. The molecule has 0 radical (unpaired) electrons. The molecule has 0 bridgehead atoms. The second kappa shape index (κ2) is 5.54. The van der Waals surface area contributed by atoms with E-state index in [2.05, 4.69) is 28.2 Å². The number of rotatable bonds is 4. The van der Waals surface area contributed by atoms with Crippen LogP contribution in [0.2, 0.25) is 0 Å². The summed E-state index contributed by atoms with van der Waals surface area (Å²) in [6, 6.07) is 5.62. The van der Waals surface area contributed by atoms with E-state index in [0.29, 0.717) is 12.5 Å². The largest absolute Gasteiger partial charge is 0.493 e. The van der Waals surface area contributed by atoms with E-state index in [4.69, 9.17) is 4.74 Å². The molecule has 17 heavy (non-hydrogen) atoms. The molecule has 1 aromatic carbocycles. The van der Waals surface area contributed by atoms with Crippen molar-refractivity contribution in [1.29, 1.82) is 0 Å². The summed E-state index contributed by atoms with van der Waals surface area (Å²) in [7, 11) is 0. The second-order valence-electron chi connectivity index (χ2n) is 4.39. The summed E-state index contributed by atoms with van der Waals surface area (Å²) >= 11 is 3.39. The van der Waals surface area contributed by atoms with Crippen LogP contribution in [-0.4, -0.2) is 24.4 Å². The van der Waals surface area contributed by atoms with E-state index in [9.17, 15) is 4.79 Å². The molecule has 3 nitrogen and oxygen atoms in total. The van der Waals surface area contributed by atoms with Gasteiger partial charge in [-0.05, 0) is 29.7 Å². The minimum Gasteiger partial charge on any atom is -0.493 e. The Hall–Kier alpha value is -1.03. The van der Waals surface area contributed by atoms with Crippen LogP contribution in [-0.2, 0) is 6.42 Å². The molecule has 92 valence electrons. The number of amides is 1. The molecule has 1 aliphatic rings. The van der Waals surface area contributed by atoms with Gasteiger partial charge in [-0.25, -0.2) is 0 Å². The summed E-state index contributed by atoms with van der Waals surface area (Å²) in [6.07, 6.45) is 0.897. The van der Waals surface area contributed by atoms with Crippen molar-refractivity contribution in [1.82, 2.24) is 5.32 Å². The normalized spacial score (nSPS) is 14.9. The van der Waals surface area contributed by atoms with Gasteiger partial charge in [0, 0.05) is 23.9 Å². The Kier molecular flexibility index (Phi) is 4.05. The first-order valence-corrected chi connectivity index (χ1v) is 6.92. The fraction of sp³-hybridized carbons (Fsp3) is 0.462. The van der Waals surface area contributed by atoms with E-state index in [1.165, 1.54) is 0 Å². The first kappa shape index (κ1) is 12.4. The number of benzene rings is 1. The Morgan fingerprint density at radius 3 is 3.18 bits per heavy atom. The number of nitrogens with one attached hydrogen (secondary N) is 1. The zero-order valence-corrected chi connectivity index (χ0v) is 11.4. The molecule has 0 aliphatic carbocycles. The minimum atomic E-state index is -0.00694. The number of alkyl halides is 1. The van der Waals surface area contributed by atoms with E-state index in [1.54, 1.807) is 0 Å². The van der Waals surface area contributed by atoms with E-state index in [-0.39, 0.29) is 5.91 Å². The summed E-state index contributed by atoms with van der Waals surface area (Å²) in [5, 5.41) is 3.83. The third-order valence-corrected chi connectivity index (χ3v) is 3.93. The van der Waals surface area contributed by atoms with Crippen LogP contribution in [0.1, 0.15) is 22.8 Å². The number of fused-ring (bicyclic) bond motifs is 1. The maximum Gasteiger partial charge on any atom is 0.251 e. The quantitative estimate of drug-likeness (QED) is 0.867. The maximum absolute atomic E-state index is 11.9. The van der Waals surface area contributed by atoms with Crippen LogP contribution >= 0.6 is 15.9 Å². The number of halogens is 1. The van der Waals surface area contributed by atoms with Gasteiger partial charge in [0.15, 0.2) is 0 Å². The molecule has 1 unspecified atom stereocenters. The van der Waals surface area contributed by atoms with Crippen LogP contribution in [0.3, 0.4) is 0 Å². The molecular formula is C13H16BrNO2. The fourth-order valence-electron chi connectivity index (χ4n) is 1.75. The zero-order valence-electron chi connectivity index (χ0n) is 9.83. The molecular weight excluding hydrogens is 282 g/mol. The molecule has 1 heterocycles. The Morgan fingerprint density at radius 2 is 2.41 bits per heavy atom. The van der Waals surface area contributed by atoms with Gasteiger partial charge < -0.3 is 10.1 Å². The third-order valence-electron chi connectivity index (χ3n) is 2.83. The highest BCUT2D eigenvalue weighted by atomic mass is 79.9. The van der Waals surface area contributed by atoms with Crippen molar-refractivity contribution in [2.45, 2.75) is 13.3 Å². The van der Waals surface area contributed by atoms with E-state index >= 15 is 0 Å². The predicted octanol–water partition coefficient (Wildman–Crippen LogP) is 2.38. The van der Waals surface area contributed by atoms with Crippen LogP contribution < -0.4 is 10.1 Å². The van der Waals surface area contributed by atoms with Gasteiger partial charge in [-0.3, -0.25) is 4.79 Å². The lowest BCUT2D eigenvalue weighted by atomic mass is 10.1. The fourth-order valence-corrected chi connectivity index (χ4v) is 1.98. The van der Waals surface area contributed by atoms with Gasteiger partial charge in [0.2, 0.25) is 0 Å². The van der Waals surface area contributed by atoms with Crippen LogP contribution in [0.5, 0.6) is 5.75 Å². The van der Waals surface area contributed by atoms with E-state index in [0.717, 1.165) is 35.2 Å². The first-order chi connectivity index (χ1) is 8.20. The van der Waals surface area contributed by atoms with Crippen molar-refractivity contribution in [3.05, 3.63) is 29.3 Å². The van der Waals surface area contributed by atoms with E-state index in [1.807, 2.05) is 18.2 Å². The number of hydrogen-bond donors (Lipinski definition) is 1. The Balaban J connectivity index is 2.00. The Labute approximate surface area is 110 Å². The van der Waals surface area contributed by atoms with Crippen LogP contribution in [0.15, 0.2) is 18.2 Å². The summed E-state index contributed by atoms with van der Waals surface area (Å²) in [4.78, 5) is 11.9. The monoisotopic (exact) mass is 297 g/mol. The summed E-state index contributed by atoms with van der Waals surface area (Å²) in [5.74, 6) is 1.35. The first-order valence-electron chi connectivity index (χ1n) is 5.80. The molecule has 0 spiro atoms. The van der Waals surface area contributed by atoms with Crippen molar-refractivity contribution in [3.8, 4) is 5.75 Å². The highest BCUT2D eigenvalue weighted by molar-refractivity contribution is 9.09. The van der Waals surface area contributed by atoms with Crippen molar-refractivity contribution < 1.29 is 9.53 Å². The summed E-state index contributed by atoms with van der Waals surface area (Å²) < 4.78 is 5.41. The third kappa shape index (κ3) is 3.00. The van der Waals surface area contributed by atoms with Crippen LogP contribution in [0.4, 0.5) is 0 Å². The lowest BCUT2D eigenvalue weighted by Gasteiger charge is -2.10. The highest BCUT2D eigenvalue weighted by Crippen LogP contribution is 2.25. The van der Waals surface area contributed by atoms with Gasteiger partial charge in [0.05, 0.1) is 6.61 Å². The molecule has 0 saturated heterocycles. The van der Waals surface area contributed by atoms with Gasteiger partial charge in [0.25, 0.3) is 5.91 Å². The number of carbonyl (C=O) groups is 1. The van der Waals surface area contributed by atoms with Crippen molar-refractivity contribution in [2.24, 2.45) is 5.92 Å². The Morgan fingerprint density at radius 1 is 1.59 bits per heavy atom. The molecule has 1 N–H and O–H groups in total. The van der Waals surface area contributed by atoms with Crippen molar-refractivity contribution in [2.75, 3.05) is 18.5 Å². The lowest BCUT2D eigenvalue weighted by Crippen LogP contribution is -2.28. The molecule has 4 heteroatoms. The van der Waals surface area contributed by atoms with Gasteiger partial charge in [-0.2, -0.15) is 0 Å². The van der Waals surface area contributed by atoms with Gasteiger partial charge in [0.1, 0.15) is 5.75 Å². The van der Waals surface area contributed by atoms with Gasteiger partial charge in [-0.1, -0.05) is 22.9 Å². The summed E-state index contributed by atoms with van der Waals surface area (Å²) in [6.45, 7) is 3.50. The number of carbonyl (C=O) groups excluding carboxylic acids is 1. The minimum absolute atomic E-state index is 0.00694. The molecule has 0 fully saturated rings. The van der Waals surface area contributed by atoms with Crippen molar-refractivity contribution in [3.63, 3.8) is 0 Å². The molecule has 1 atom stereocenters. The average molecular weight is 298 g/mol. The lowest BCUT2D eigenvalue weighted by molar-refractivity contribution is 0.0949. The molecule has 0 aromatic heterocycles. The number of ether oxygens (including phenoxy) is 1. The molecule has 0 saturated carbocycles. The highest BCUT2D eigenvalue weighted by Gasteiger charge is 2.15. The smallest absolute Gasteiger partial charge is 0.251 e. The zero-order chi connectivity index (χ0) is 12.3. The molecule has 1 amide bonds. The topological polar surface area (TPSA) is 38.3 Å². The van der Waals surface area contributed by atoms with Crippen LogP contribution in [0.25, 0.3) is 0 Å². The molecule has 1 aliphatic heterocycles. The van der Waals surface area contributed by atoms with Gasteiger partial charge >= 0.3 is 0 Å². The second-order valence-corrected chi connectivity index (χ2v) is 5.04. The SMILES string of the molecule is CC(CBr)CNC(=O)c1ccc2c(c1)CCO2. The molecule has 1 aromatic rings. The average Bonchev–Trinajstić information content (AvgIpc) is 2.82. The van der Waals surface area contributed by atoms with Crippen LogP contribution in [0, 0.1) is 5.92 Å².